The summed E-state index contributed by atoms with van der Waals surface area (Å²) >= 11 is 0. The van der Waals surface area contributed by atoms with Crippen LogP contribution in [0.25, 0.3) is 0 Å². The molecule has 4 nitrogen and oxygen atoms in total. The van der Waals surface area contributed by atoms with Crippen LogP contribution in [0.1, 0.15) is 88.6 Å². The molecule has 31 heavy (non-hydrogen) atoms. The van der Waals surface area contributed by atoms with E-state index in [1.807, 2.05) is 12.1 Å². The average molecular weight is 422 g/mol. The standard InChI is InChI=1S/C27H39N3O/c1-26(2,3)17-27(4,5)21-12-10-19(11-13-21)18-6-8-20(9-7-18)25(31)30-24-15-14-22(28)16-23(24)29/h6-9,14-16,19,21H,10-13,17,28-29H2,1-5H3,(H,30,31). The Labute approximate surface area is 187 Å². The Morgan fingerprint density at radius 1 is 0.935 bits per heavy atom. The lowest BCUT2D eigenvalue weighted by Crippen LogP contribution is -2.31. The third-order valence-electron chi connectivity index (χ3n) is 6.79. The van der Waals surface area contributed by atoms with E-state index in [1.165, 1.54) is 37.7 Å². The molecule has 1 fully saturated rings. The van der Waals surface area contributed by atoms with Gasteiger partial charge in [-0.3, -0.25) is 4.79 Å². The van der Waals surface area contributed by atoms with Gasteiger partial charge < -0.3 is 16.8 Å². The molecular formula is C27H39N3O. The van der Waals surface area contributed by atoms with E-state index in [2.05, 4.69) is 52.1 Å². The molecule has 0 radical (unpaired) electrons. The van der Waals surface area contributed by atoms with Gasteiger partial charge in [0.2, 0.25) is 0 Å². The number of amides is 1. The molecule has 4 heteroatoms. The van der Waals surface area contributed by atoms with Gasteiger partial charge in [-0.05, 0) is 90.7 Å². The Bertz CT molecular complexity index is 901. The number of nitrogens with one attached hydrogen (secondary N) is 1. The zero-order valence-electron chi connectivity index (χ0n) is 19.8. The average Bonchev–Trinajstić information content (AvgIpc) is 2.68. The molecule has 0 heterocycles. The number of hydrogen-bond donors (Lipinski definition) is 3. The van der Waals surface area contributed by atoms with Crippen LogP contribution >= 0.6 is 0 Å². The fraction of sp³-hybridized carbons (Fsp3) is 0.519. The Balaban J connectivity index is 1.59. The van der Waals surface area contributed by atoms with Gasteiger partial charge in [0.25, 0.3) is 5.91 Å². The zero-order valence-corrected chi connectivity index (χ0v) is 19.8. The van der Waals surface area contributed by atoms with Crippen molar-refractivity contribution in [2.24, 2.45) is 16.7 Å². The van der Waals surface area contributed by atoms with Crippen LogP contribution in [0.2, 0.25) is 0 Å². The van der Waals surface area contributed by atoms with Crippen LogP contribution in [-0.4, -0.2) is 5.91 Å². The van der Waals surface area contributed by atoms with Gasteiger partial charge in [0.15, 0.2) is 0 Å². The predicted molar refractivity (Wildman–Crippen MR) is 132 cm³/mol. The number of nitrogen functional groups attached to an aromatic ring is 2. The summed E-state index contributed by atoms with van der Waals surface area (Å²) in [6.07, 6.45) is 6.29. The smallest absolute Gasteiger partial charge is 0.255 e. The number of carbonyl (C=O) groups is 1. The molecule has 0 saturated heterocycles. The Morgan fingerprint density at radius 2 is 1.55 bits per heavy atom. The van der Waals surface area contributed by atoms with E-state index < -0.39 is 0 Å². The molecule has 5 N–H and O–H groups in total. The molecule has 1 saturated carbocycles. The lowest BCUT2D eigenvalue weighted by Gasteiger charge is -2.42. The highest BCUT2D eigenvalue weighted by Crippen LogP contribution is 2.48. The molecule has 0 spiro atoms. The van der Waals surface area contributed by atoms with E-state index in [0.717, 1.165) is 5.92 Å². The predicted octanol–water partition coefficient (Wildman–Crippen LogP) is 6.84. The molecule has 0 aromatic heterocycles. The second-order valence-electron chi connectivity index (χ2n) is 11.2. The third-order valence-corrected chi connectivity index (χ3v) is 6.79. The summed E-state index contributed by atoms with van der Waals surface area (Å²) < 4.78 is 0. The van der Waals surface area contributed by atoms with Gasteiger partial charge >= 0.3 is 0 Å². The lowest BCUT2D eigenvalue weighted by molar-refractivity contribution is 0.0945. The SMILES string of the molecule is CC(C)(C)CC(C)(C)C1CCC(c2ccc(C(=O)Nc3ccc(N)cc3N)cc2)CC1. The minimum Gasteiger partial charge on any atom is -0.399 e. The van der Waals surface area contributed by atoms with Crippen molar-refractivity contribution in [3.8, 4) is 0 Å². The Morgan fingerprint density at radius 3 is 2.10 bits per heavy atom. The third kappa shape index (κ3) is 6.03. The van der Waals surface area contributed by atoms with Crippen LogP contribution in [0.4, 0.5) is 17.1 Å². The van der Waals surface area contributed by atoms with Crippen LogP contribution in [0.15, 0.2) is 42.5 Å². The highest BCUT2D eigenvalue weighted by Gasteiger charge is 2.36. The number of anilines is 3. The van der Waals surface area contributed by atoms with Crippen LogP contribution in [0.3, 0.4) is 0 Å². The highest BCUT2D eigenvalue weighted by molar-refractivity contribution is 6.05. The van der Waals surface area contributed by atoms with E-state index in [4.69, 9.17) is 11.5 Å². The monoisotopic (exact) mass is 421 g/mol. The van der Waals surface area contributed by atoms with Gasteiger partial charge in [-0.2, -0.15) is 0 Å². The molecule has 168 valence electrons. The van der Waals surface area contributed by atoms with Gasteiger partial charge in [-0.25, -0.2) is 0 Å². The van der Waals surface area contributed by atoms with Crippen molar-refractivity contribution in [2.75, 3.05) is 16.8 Å². The second-order valence-corrected chi connectivity index (χ2v) is 11.2. The van der Waals surface area contributed by atoms with Gasteiger partial charge in [-0.1, -0.05) is 46.8 Å². The topological polar surface area (TPSA) is 81.1 Å². The summed E-state index contributed by atoms with van der Waals surface area (Å²) in [6, 6.07) is 13.2. The van der Waals surface area contributed by atoms with Crippen LogP contribution < -0.4 is 16.8 Å². The first-order valence-electron chi connectivity index (χ1n) is 11.5. The maximum Gasteiger partial charge on any atom is 0.255 e. The summed E-state index contributed by atoms with van der Waals surface area (Å²) in [6.45, 7) is 11.9. The molecule has 1 aliphatic carbocycles. The Kier molecular flexibility index (Phi) is 6.68. The molecule has 0 aliphatic heterocycles. The van der Waals surface area contributed by atoms with Crippen molar-refractivity contribution in [1.82, 2.24) is 0 Å². The van der Waals surface area contributed by atoms with Crippen LogP contribution in [0.5, 0.6) is 0 Å². The molecule has 3 rings (SSSR count). The van der Waals surface area contributed by atoms with Crippen molar-refractivity contribution in [2.45, 2.75) is 72.6 Å². The number of rotatable bonds is 5. The largest absolute Gasteiger partial charge is 0.399 e. The molecule has 1 aliphatic rings. The van der Waals surface area contributed by atoms with Crippen LogP contribution in [0, 0.1) is 16.7 Å². The van der Waals surface area contributed by atoms with Crippen molar-refractivity contribution in [1.29, 1.82) is 0 Å². The molecule has 0 atom stereocenters. The highest BCUT2D eigenvalue weighted by atomic mass is 16.1. The molecule has 2 aromatic carbocycles. The van der Waals surface area contributed by atoms with E-state index >= 15 is 0 Å². The fourth-order valence-corrected chi connectivity index (χ4v) is 5.52. The van der Waals surface area contributed by atoms with E-state index in [9.17, 15) is 4.79 Å². The van der Waals surface area contributed by atoms with E-state index in [1.54, 1.807) is 18.2 Å². The molecule has 1 amide bonds. The molecule has 0 bridgehead atoms. The minimum absolute atomic E-state index is 0.157. The number of carbonyl (C=O) groups excluding carboxylic acids is 1. The second kappa shape index (κ2) is 8.94. The first kappa shape index (κ1) is 23.2. The number of hydrogen-bond acceptors (Lipinski definition) is 3. The maximum absolute atomic E-state index is 12.6. The van der Waals surface area contributed by atoms with Gasteiger partial charge in [0.05, 0.1) is 11.4 Å². The fourth-order valence-electron chi connectivity index (χ4n) is 5.52. The van der Waals surface area contributed by atoms with Gasteiger partial charge in [-0.15, -0.1) is 0 Å². The molecule has 0 unspecified atom stereocenters. The molecular weight excluding hydrogens is 382 g/mol. The van der Waals surface area contributed by atoms with Crippen molar-refractivity contribution >= 4 is 23.0 Å². The van der Waals surface area contributed by atoms with Crippen LogP contribution in [-0.2, 0) is 0 Å². The summed E-state index contributed by atoms with van der Waals surface area (Å²) in [4.78, 5) is 12.6. The van der Waals surface area contributed by atoms with E-state index in [-0.39, 0.29) is 5.91 Å². The lowest BCUT2D eigenvalue weighted by atomic mass is 9.63. The summed E-state index contributed by atoms with van der Waals surface area (Å²) in [5.41, 5.74) is 16.0. The Hall–Kier alpha value is -2.49. The normalized spacial score (nSPS) is 19.8. The number of benzene rings is 2. The van der Waals surface area contributed by atoms with E-state index in [0.29, 0.717) is 39.4 Å². The first-order valence-corrected chi connectivity index (χ1v) is 11.5. The summed E-state index contributed by atoms with van der Waals surface area (Å²) in [5, 5.41) is 2.87. The van der Waals surface area contributed by atoms with Crippen molar-refractivity contribution in [3.63, 3.8) is 0 Å². The molecule has 2 aromatic rings. The number of nitrogens with two attached hydrogens (primary N) is 2. The summed E-state index contributed by atoms with van der Waals surface area (Å²) in [5.74, 6) is 1.22. The van der Waals surface area contributed by atoms with Gasteiger partial charge in [0, 0.05) is 11.3 Å². The maximum atomic E-state index is 12.6. The minimum atomic E-state index is -0.157. The summed E-state index contributed by atoms with van der Waals surface area (Å²) in [7, 11) is 0. The first-order chi connectivity index (χ1) is 14.4. The van der Waals surface area contributed by atoms with Crippen molar-refractivity contribution in [3.05, 3.63) is 53.6 Å². The zero-order chi connectivity index (χ0) is 22.8. The quantitative estimate of drug-likeness (QED) is 0.462. The van der Waals surface area contributed by atoms with Gasteiger partial charge in [0.1, 0.15) is 0 Å². The van der Waals surface area contributed by atoms with Crippen molar-refractivity contribution < 1.29 is 4.79 Å².